The molecule has 157 valence electrons. The van der Waals surface area contributed by atoms with Gasteiger partial charge in [-0.05, 0) is 36.8 Å². The van der Waals surface area contributed by atoms with Gasteiger partial charge in [0.2, 0.25) is 11.8 Å². The molecule has 0 spiro atoms. The third-order valence-electron chi connectivity index (χ3n) is 4.50. The van der Waals surface area contributed by atoms with Crippen molar-refractivity contribution in [3.05, 3.63) is 0 Å². The summed E-state index contributed by atoms with van der Waals surface area (Å²) in [4.78, 5) is 27.3. The fourth-order valence-corrected chi connectivity index (χ4v) is 3.95. The molecule has 6 nitrogen and oxygen atoms in total. The van der Waals surface area contributed by atoms with Crippen LogP contribution in [-0.4, -0.2) is 76.5 Å². The van der Waals surface area contributed by atoms with E-state index in [1.807, 2.05) is 0 Å². The molecule has 1 unspecified atom stereocenters. The summed E-state index contributed by atoms with van der Waals surface area (Å²) in [6, 6.07) is 0. The van der Waals surface area contributed by atoms with Gasteiger partial charge >= 0.3 is 26.2 Å². The third kappa shape index (κ3) is 9.14. The van der Waals surface area contributed by atoms with Gasteiger partial charge < -0.3 is 14.4 Å². The predicted molar refractivity (Wildman–Crippen MR) is 96.7 cm³/mol. The molecule has 0 bridgehead atoms. The first kappa shape index (κ1) is 24.7. The van der Waals surface area contributed by atoms with Crippen molar-refractivity contribution >= 4 is 50.2 Å². The van der Waals surface area contributed by atoms with E-state index < -0.39 is 31.0 Å². The predicted octanol–water partition coefficient (Wildman–Crippen LogP) is 2.49. The zero-order chi connectivity index (χ0) is 20.4. The Labute approximate surface area is 170 Å². The van der Waals surface area contributed by atoms with Crippen molar-refractivity contribution in [1.29, 1.82) is 0 Å². The van der Waals surface area contributed by atoms with Gasteiger partial charge in [0, 0.05) is 25.9 Å². The summed E-state index contributed by atoms with van der Waals surface area (Å²) < 4.78 is 51.4. The van der Waals surface area contributed by atoms with Crippen LogP contribution in [-0.2, 0) is 20.7 Å². The minimum absolute atomic E-state index is 0.0554. The van der Waals surface area contributed by atoms with Gasteiger partial charge in [-0.2, -0.15) is 0 Å². The molecule has 0 N–H and O–H groups in total. The average molecular weight is 493 g/mol. The molecule has 12 heteroatoms. The zero-order valence-electron chi connectivity index (χ0n) is 14.9. The molecular weight excluding hydrogens is 469 g/mol. The molecule has 0 saturated carbocycles. The zero-order valence-corrected chi connectivity index (χ0v) is 18.6. The van der Waals surface area contributed by atoms with Crippen LogP contribution in [0.4, 0.5) is 10.5 Å². The molecule has 0 aromatic carbocycles. The number of alkyl halides is 1. The number of hydrogen-bond acceptors (Lipinski definition) is 4. The van der Waals surface area contributed by atoms with E-state index in [0.717, 1.165) is 38.5 Å². The van der Waals surface area contributed by atoms with Crippen LogP contribution in [0, 0.1) is 0 Å². The van der Waals surface area contributed by atoms with Crippen LogP contribution in [0.2, 0.25) is 0 Å². The van der Waals surface area contributed by atoms with Gasteiger partial charge in [-0.3, -0.25) is 13.8 Å². The molecule has 0 aromatic heterocycles. The molecular formula is C15H24ClF3GeN2O4S-. The van der Waals surface area contributed by atoms with Gasteiger partial charge in [0.05, 0.1) is 13.1 Å². The van der Waals surface area contributed by atoms with Crippen LogP contribution in [0.25, 0.3) is 0 Å². The average Bonchev–Trinajstić information content (AvgIpc) is 2.88. The van der Waals surface area contributed by atoms with Crippen molar-refractivity contribution in [2.45, 2.75) is 55.6 Å². The molecule has 2 aliphatic rings. The normalized spacial score (nSPS) is 20.7. The van der Waals surface area contributed by atoms with E-state index in [2.05, 4.69) is 0 Å². The molecule has 1 radical (unpaired) electrons. The first-order valence-corrected chi connectivity index (χ1v) is 12.7. The topological polar surface area (TPSA) is 80.8 Å². The summed E-state index contributed by atoms with van der Waals surface area (Å²) in [5.74, 6) is -0.111. The van der Waals surface area contributed by atoms with Crippen molar-refractivity contribution in [1.82, 2.24) is 9.80 Å². The van der Waals surface area contributed by atoms with Gasteiger partial charge in [0.15, 0.2) is 0 Å². The van der Waals surface area contributed by atoms with Crippen molar-refractivity contribution in [3.8, 4) is 0 Å². The Kier molecular flexibility index (Phi) is 11.2. The van der Waals surface area contributed by atoms with Gasteiger partial charge in [-0.25, -0.2) is 0 Å². The Balaban J connectivity index is 0.000000828. The Morgan fingerprint density at radius 3 is 1.63 bits per heavy atom. The summed E-state index contributed by atoms with van der Waals surface area (Å²) in [6.45, 7) is 0.928. The van der Waals surface area contributed by atoms with Crippen LogP contribution < -0.4 is 0 Å². The number of halogens is 4. The Morgan fingerprint density at radius 1 is 0.926 bits per heavy atom. The standard InChI is InChI=1S/C15H25ClN2O4S.F3Ge/c16-15(23(21)22,11-17-9-5-1-3-7-13(17)19)12-18-10-6-2-4-8-14(18)20;1-4(2)3/h1-12H2,(H,21,22);/p-1. The molecule has 0 aromatic rings. The molecule has 2 fully saturated rings. The second-order valence-corrected chi connectivity index (χ2v) is 9.68. The van der Waals surface area contributed by atoms with E-state index in [1.54, 1.807) is 0 Å². The Morgan fingerprint density at radius 2 is 1.30 bits per heavy atom. The maximum atomic E-state index is 12.1. The Hall–Kier alpha value is -0.327. The van der Waals surface area contributed by atoms with Crippen LogP contribution in [0.15, 0.2) is 0 Å². The summed E-state index contributed by atoms with van der Waals surface area (Å²) in [6.07, 6.45) is 6.15. The van der Waals surface area contributed by atoms with Crippen LogP contribution >= 0.6 is 11.6 Å². The summed E-state index contributed by atoms with van der Waals surface area (Å²) in [7, 11) is 0. The summed E-state index contributed by atoms with van der Waals surface area (Å²) in [5, 5.41) is 0. The molecule has 2 amide bonds. The number of carbonyl (C=O) groups excluding carboxylic acids is 2. The molecule has 2 saturated heterocycles. The summed E-state index contributed by atoms with van der Waals surface area (Å²) >= 11 is -1.04. The molecule has 27 heavy (non-hydrogen) atoms. The SMILES string of the molecule is O=C1CCCCCN1CC(Cl)(CN1CCCCCC1=O)S(=O)[O-].[F][Ge]([F])[F]. The van der Waals surface area contributed by atoms with Gasteiger partial charge in [0.25, 0.3) is 0 Å². The van der Waals surface area contributed by atoms with Crippen LogP contribution in [0.3, 0.4) is 0 Å². The fraction of sp³-hybridized carbons (Fsp3) is 0.867. The van der Waals surface area contributed by atoms with Crippen molar-refractivity contribution in [2.75, 3.05) is 26.2 Å². The fourth-order valence-electron chi connectivity index (χ4n) is 3.14. The molecule has 1 atom stereocenters. The second-order valence-electron chi connectivity index (χ2n) is 6.58. The molecule has 2 heterocycles. The van der Waals surface area contributed by atoms with E-state index >= 15 is 0 Å². The van der Waals surface area contributed by atoms with Gasteiger partial charge in [0.1, 0.15) is 4.21 Å². The van der Waals surface area contributed by atoms with E-state index in [1.165, 1.54) is 9.80 Å². The van der Waals surface area contributed by atoms with Crippen molar-refractivity contribution in [2.24, 2.45) is 0 Å². The number of nitrogens with zero attached hydrogens (tertiary/aromatic N) is 2. The number of rotatable bonds is 5. The minimum atomic E-state index is -4.83. The monoisotopic (exact) mass is 494 g/mol. The first-order valence-electron chi connectivity index (χ1n) is 8.83. The van der Waals surface area contributed by atoms with E-state index in [4.69, 9.17) is 11.6 Å². The van der Waals surface area contributed by atoms with Gasteiger partial charge in [-0.15, -0.1) is 11.6 Å². The van der Waals surface area contributed by atoms with E-state index in [0.29, 0.717) is 25.9 Å². The van der Waals surface area contributed by atoms with Crippen molar-refractivity contribution < 1.29 is 28.9 Å². The molecule has 2 rings (SSSR count). The summed E-state index contributed by atoms with van der Waals surface area (Å²) in [5.41, 5.74) is 0. The number of hydrogen-bond donors (Lipinski definition) is 0. The number of carbonyl (C=O) groups is 2. The second kappa shape index (κ2) is 12.3. The quantitative estimate of drug-likeness (QED) is 0.335. The van der Waals surface area contributed by atoms with Crippen molar-refractivity contribution in [3.63, 3.8) is 0 Å². The van der Waals surface area contributed by atoms with Crippen LogP contribution in [0.1, 0.15) is 51.4 Å². The van der Waals surface area contributed by atoms with E-state index in [9.17, 15) is 28.9 Å². The number of likely N-dealkylation sites (tertiary alicyclic amines) is 2. The third-order valence-corrected chi connectivity index (χ3v) is 5.97. The van der Waals surface area contributed by atoms with E-state index in [-0.39, 0.29) is 24.9 Å². The maximum absolute atomic E-state index is 12.1. The molecule has 2 aliphatic heterocycles. The van der Waals surface area contributed by atoms with Gasteiger partial charge in [-0.1, -0.05) is 12.8 Å². The first-order chi connectivity index (χ1) is 12.7. The molecule has 0 aliphatic carbocycles. The number of amides is 2. The van der Waals surface area contributed by atoms with Crippen LogP contribution in [0.5, 0.6) is 0 Å². The Bertz CT molecular complexity index is 499.